The van der Waals surface area contributed by atoms with Crippen molar-refractivity contribution < 1.29 is 5.11 Å². The number of hydrogen-bond acceptors (Lipinski definition) is 4. The maximum Gasteiger partial charge on any atom is 0.135 e. The summed E-state index contributed by atoms with van der Waals surface area (Å²) in [6.07, 6.45) is 5.84. The van der Waals surface area contributed by atoms with Crippen LogP contribution in [-0.4, -0.2) is 33.0 Å². The molecule has 3 rings (SSSR count). The first kappa shape index (κ1) is 11.2. The molecule has 2 aliphatic heterocycles. The van der Waals surface area contributed by atoms with E-state index in [9.17, 15) is 5.11 Å². The fourth-order valence-corrected chi connectivity index (χ4v) is 2.94. The maximum atomic E-state index is 10.0. The molecule has 3 heterocycles. The molecule has 0 aromatic carbocycles. The summed E-state index contributed by atoms with van der Waals surface area (Å²) in [6, 6.07) is 0. The highest BCUT2D eigenvalue weighted by Gasteiger charge is 2.24. The SMILES string of the molecule is OC1CCCc2nnc(CC3CCCNC3)n21. The number of piperidine rings is 1. The standard InChI is InChI=1S/C12H20N4O/c17-12-5-1-4-10-14-15-11(16(10)12)7-9-3-2-6-13-8-9/h9,12-13,17H,1-8H2. The molecule has 0 radical (unpaired) electrons. The van der Waals surface area contributed by atoms with Crippen molar-refractivity contribution in [1.82, 2.24) is 20.1 Å². The molecule has 94 valence electrons. The molecule has 1 fully saturated rings. The zero-order valence-electron chi connectivity index (χ0n) is 10.1. The van der Waals surface area contributed by atoms with Gasteiger partial charge in [-0.15, -0.1) is 10.2 Å². The molecule has 0 spiro atoms. The number of fused-ring (bicyclic) bond motifs is 1. The van der Waals surface area contributed by atoms with E-state index in [0.717, 1.165) is 50.4 Å². The van der Waals surface area contributed by atoms with Gasteiger partial charge in [0, 0.05) is 12.8 Å². The van der Waals surface area contributed by atoms with E-state index >= 15 is 0 Å². The van der Waals surface area contributed by atoms with Crippen LogP contribution < -0.4 is 5.32 Å². The van der Waals surface area contributed by atoms with E-state index in [4.69, 9.17) is 0 Å². The van der Waals surface area contributed by atoms with Gasteiger partial charge < -0.3 is 10.4 Å². The second kappa shape index (κ2) is 4.74. The predicted molar refractivity (Wildman–Crippen MR) is 63.5 cm³/mol. The highest BCUT2D eigenvalue weighted by Crippen LogP contribution is 2.25. The maximum absolute atomic E-state index is 10.0. The topological polar surface area (TPSA) is 63.0 Å². The molecular weight excluding hydrogens is 216 g/mol. The van der Waals surface area contributed by atoms with Gasteiger partial charge in [-0.1, -0.05) is 0 Å². The minimum atomic E-state index is -0.403. The van der Waals surface area contributed by atoms with Crippen molar-refractivity contribution in [2.75, 3.05) is 13.1 Å². The molecule has 1 aromatic rings. The van der Waals surface area contributed by atoms with Gasteiger partial charge in [0.2, 0.25) is 0 Å². The fraction of sp³-hybridized carbons (Fsp3) is 0.833. The molecule has 17 heavy (non-hydrogen) atoms. The lowest BCUT2D eigenvalue weighted by Gasteiger charge is -2.25. The number of aliphatic hydroxyl groups is 1. The van der Waals surface area contributed by atoms with E-state index in [1.807, 2.05) is 4.57 Å². The molecule has 0 bridgehead atoms. The van der Waals surface area contributed by atoms with Crippen LogP contribution in [0, 0.1) is 5.92 Å². The van der Waals surface area contributed by atoms with Crippen molar-refractivity contribution in [3.8, 4) is 0 Å². The zero-order chi connectivity index (χ0) is 11.7. The van der Waals surface area contributed by atoms with Crippen molar-refractivity contribution in [2.45, 2.75) is 44.8 Å². The summed E-state index contributed by atoms with van der Waals surface area (Å²) < 4.78 is 1.96. The Labute approximate surface area is 101 Å². The second-order valence-electron chi connectivity index (χ2n) is 5.19. The van der Waals surface area contributed by atoms with Crippen LogP contribution in [0.15, 0.2) is 0 Å². The van der Waals surface area contributed by atoms with Gasteiger partial charge in [0.05, 0.1) is 0 Å². The number of nitrogens with zero attached hydrogens (tertiary/aromatic N) is 3. The third-order valence-corrected chi connectivity index (χ3v) is 3.87. The average Bonchev–Trinajstić information content (AvgIpc) is 2.75. The Balaban J connectivity index is 1.76. The van der Waals surface area contributed by atoms with Crippen LogP contribution >= 0.6 is 0 Å². The van der Waals surface area contributed by atoms with Gasteiger partial charge in [-0.25, -0.2) is 0 Å². The summed E-state index contributed by atoms with van der Waals surface area (Å²) in [4.78, 5) is 0. The number of hydrogen-bond donors (Lipinski definition) is 2. The summed E-state index contributed by atoms with van der Waals surface area (Å²) >= 11 is 0. The van der Waals surface area contributed by atoms with Crippen molar-refractivity contribution in [3.63, 3.8) is 0 Å². The van der Waals surface area contributed by atoms with E-state index in [-0.39, 0.29) is 0 Å². The largest absolute Gasteiger partial charge is 0.373 e. The first-order chi connectivity index (χ1) is 8.34. The van der Waals surface area contributed by atoms with Crippen LogP contribution in [0.2, 0.25) is 0 Å². The van der Waals surface area contributed by atoms with Gasteiger partial charge in [-0.2, -0.15) is 0 Å². The highest BCUT2D eigenvalue weighted by molar-refractivity contribution is 5.02. The minimum absolute atomic E-state index is 0.403. The quantitative estimate of drug-likeness (QED) is 0.791. The smallest absolute Gasteiger partial charge is 0.135 e. The van der Waals surface area contributed by atoms with E-state index in [0.29, 0.717) is 5.92 Å². The van der Waals surface area contributed by atoms with Gasteiger partial charge in [0.25, 0.3) is 0 Å². The van der Waals surface area contributed by atoms with Crippen LogP contribution in [0.3, 0.4) is 0 Å². The number of aromatic nitrogens is 3. The second-order valence-corrected chi connectivity index (χ2v) is 5.19. The number of aryl methyl sites for hydroxylation is 1. The summed E-state index contributed by atoms with van der Waals surface area (Å²) in [7, 11) is 0. The Bertz CT molecular complexity index is 384. The molecule has 2 aliphatic rings. The van der Waals surface area contributed by atoms with Gasteiger partial charge in [-0.3, -0.25) is 4.57 Å². The third kappa shape index (κ3) is 2.21. The van der Waals surface area contributed by atoms with Crippen molar-refractivity contribution in [1.29, 1.82) is 0 Å². The highest BCUT2D eigenvalue weighted by atomic mass is 16.3. The van der Waals surface area contributed by atoms with E-state index in [1.165, 1.54) is 12.8 Å². The van der Waals surface area contributed by atoms with Crippen LogP contribution in [0.25, 0.3) is 0 Å². The first-order valence-corrected chi connectivity index (χ1v) is 6.66. The van der Waals surface area contributed by atoms with Crippen molar-refractivity contribution >= 4 is 0 Å². The molecule has 5 nitrogen and oxygen atoms in total. The first-order valence-electron chi connectivity index (χ1n) is 6.66. The molecule has 2 atom stereocenters. The Morgan fingerprint density at radius 1 is 1.29 bits per heavy atom. The Morgan fingerprint density at radius 2 is 2.24 bits per heavy atom. The zero-order valence-corrected chi connectivity index (χ0v) is 10.1. The summed E-state index contributed by atoms with van der Waals surface area (Å²) in [5.74, 6) is 2.58. The molecule has 0 aliphatic carbocycles. The van der Waals surface area contributed by atoms with Crippen molar-refractivity contribution in [3.05, 3.63) is 11.6 Å². The molecular formula is C12H20N4O. The number of rotatable bonds is 2. The number of aliphatic hydroxyl groups excluding tert-OH is 1. The van der Waals surface area contributed by atoms with Gasteiger partial charge in [0.1, 0.15) is 17.9 Å². The van der Waals surface area contributed by atoms with Gasteiger partial charge >= 0.3 is 0 Å². The van der Waals surface area contributed by atoms with E-state index in [1.54, 1.807) is 0 Å². The molecule has 2 unspecified atom stereocenters. The van der Waals surface area contributed by atoms with Crippen LogP contribution in [0.1, 0.15) is 43.6 Å². The Kier molecular flexibility index (Phi) is 3.11. The lowest BCUT2D eigenvalue weighted by atomic mass is 9.95. The molecule has 0 amide bonds. The molecule has 1 aromatic heterocycles. The monoisotopic (exact) mass is 236 g/mol. The van der Waals surface area contributed by atoms with Crippen LogP contribution in [0.4, 0.5) is 0 Å². The van der Waals surface area contributed by atoms with Crippen LogP contribution in [0.5, 0.6) is 0 Å². The Morgan fingerprint density at radius 3 is 3.06 bits per heavy atom. The summed E-state index contributed by atoms with van der Waals surface area (Å²) in [5.41, 5.74) is 0. The molecule has 5 heteroatoms. The van der Waals surface area contributed by atoms with Gasteiger partial charge in [0.15, 0.2) is 0 Å². The third-order valence-electron chi connectivity index (χ3n) is 3.87. The van der Waals surface area contributed by atoms with Crippen molar-refractivity contribution in [2.24, 2.45) is 5.92 Å². The molecule has 1 saturated heterocycles. The van der Waals surface area contributed by atoms with Gasteiger partial charge in [-0.05, 0) is 44.7 Å². The van der Waals surface area contributed by atoms with Crippen LogP contribution in [-0.2, 0) is 12.8 Å². The number of nitrogens with one attached hydrogen (secondary N) is 1. The lowest BCUT2D eigenvalue weighted by Crippen LogP contribution is -2.32. The summed E-state index contributed by atoms with van der Waals surface area (Å²) in [5, 5.41) is 21.9. The van der Waals surface area contributed by atoms with E-state index < -0.39 is 6.23 Å². The molecule has 2 N–H and O–H groups in total. The van der Waals surface area contributed by atoms with E-state index in [2.05, 4.69) is 15.5 Å². The fourth-order valence-electron chi connectivity index (χ4n) is 2.94. The molecule has 0 saturated carbocycles. The predicted octanol–water partition coefficient (Wildman–Crippen LogP) is 0.647. The Hall–Kier alpha value is -0.940. The average molecular weight is 236 g/mol. The minimum Gasteiger partial charge on any atom is -0.373 e. The normalized spacial score (nSPS) is 29.0. The summed E-state index contributed by atoms with van der Waals surface area (Å²) in [6.45, 7) is 2.20. The lowest BCUT2D eigenvalue weighted by molar-refractivity contribution is 0.0740.